The lowest BCUT2D eigenvalue weighted by Crippen LogP contribution is -2.30. The van der Waals surface area contributed by atoms with E-state index in [2.05, 4.69) is 22.1 Å². The number of ether oxygens (including phenoxy) is 1. The lowest BCUT2D eigenvalue weighted by atomic mass is 10.1. The highest BCUT2D eigenvalue weighted by Crippen LogP contribution is 2.41. The molecule has 0 aliphatic heterocycles. The molecule has 0 amide bonds. The summed E-state index contributed by atoms with van der Waals surface area (Å²) in [5.74, 6) is -0.276. The summed E-state index contributed by atoms with van der Waals surface area (Å²) < 4.78 is 6.47. The maximum atomic E-state index is 12.5. The highest BCUT2D eigenvalue weighted by Gasteiger charge is 2.33. The molecule has 0 N–H and O–H groups in total. The van der Waals surface area contributed by atoms with Gasteiger partial charge in [-0.1, -0.05) is 59.8 Å². The first-order valence-corrected chi connectivity index (χ1v) is 11.1. The summed E-state index contributed by atoms with van der Waals surface area (Å²) in [4.78, 5) is 21.7. The van der Waals surface area contributed by atoms with Gasteiger partial charge in [-0.15, -0.1) is 0 Å². The van der Waals surface area contributed by atoms with Crippen LogP contribution in [0.4, 0.5) is 0 Å². The van der Waals surface area contributed by atoms with Crippen LogP contribution in [0.5, 0.6) is 0 Å². The summed E-state index contributed by atoms with van der Waals surface area (Å²) >= 11 is 7.63. The molecule has 0 atom stereocenters. The fourth-order valence-electron chi connectivity index (χ4n) is 3.36. The normalized spacial score (nSPS) is 11.6. The zero-order valence-corrected chi connectivity index (χ0v) is 19.1. The number of esters is 1. The number of halogens is 1. The average molecular weight is 452 g/mol. The third kappa shape index (κ3) is 4.31. The number of fused-ring (bicyclic) bond motifs is 1. The first kappa shape index (κ1) is 21.4. The maximum absolute atomic E-state index is 12.5. The van der Waals surface area contributed by atoms with Gasteiger partial charge in [-0.05, 0) is 44.5 Å². The largest absolute Gasteiger partial charge is 0.465 e. The standard InChI is InChI=1S/C24H22ClN3O2S/c1-4-30-23(29)24(2,3)31-22-20-19(16-9-6-5-7-10-16)14-28(21(20)26-15-27-22)18-12-8-11-17(25)13-18/h5-15H,4H2,1-3H3. The number of benzene rings is 2. The topological polar surface area (TPSA) is 57.0 Å². The van der Waals surface area contributed by atoms with Gasteiger partial charge in [-0.3, -0.25) is 4.79 Å². The molecule has 0 saturated heterocycles. The SMILES string of the molecule is CCOC(=O)C(C)(C)Sc1ncnc2c1c(-c1ccccc1)cn2-c1cccc(Cl)c1. The molecular weight excluding hydrogens is 430 g/mol. The Hall–Kier alpha value is -2.83. The molecule has 0 aliphatic carbocycles. The first-order valence-electron chi connectivity index (χ1n) is 9.94. The Labute approximate surface area is 190 Å². The summed E-state index contributed by atoms with van der Waals surface area (Å²) in [7, 11) is 0. The first-order chi connectivity index (χ1) is 14.9. The van der Waals surface area contributed by atoms with E-state index in [1.165, 1.54) is 18.1 Å². The minimum atomic E-state index is -0.802. The summed E-state index contributed by atoms with van der Waals surface area (Å²) in [6.45, 7) is 5.84. The second-order valence-electron chi connectivity index (χ2n) is 7.47. The smallest absolute Gasteiger partial charge is 0.322 e. The van der Waals surface area contributed by atoms with Crippen molar-refractivity contribution in [3.63, 3.8) is 0 Å². The molecule has 0 unspecified atom stereocenters. The minimum absolute atomic E-state index is 0.276. The molecule has 31 heavy (non-hydrogen) atoms. The van der Waals surface area contributed by atoms with Crippen LogP contribution in [-0.2, 0) is 9.53 Å². The van der Waals surface area contributed by atoms with Crippen molar-refractivity contribution in [1.82, 2.24) is 14.5 Å². The van der Waals surface area contributed by atoms with E-state index in [9.17, 15) is 4.79 Å². The predicted octanol–water partition coefficient (Wildman–Crippen LogP) is 6.17. The Morgan fingerprint density at radius 1 is 1.13 bits per heavy atom. The van der Waals surface area contributed by atoms with E-state index in [4.69, 9.17) is 16.3 Å². The zero-order valence-electron chi connectivity index (χ0n) is 17.5. The van der Waals surface area contributed by atoms with Crippen LogP contribution in [0, 0.1) is 0 Å². The Morgan fingerprint density at radius 2 is 1.90 bits per heavy atom. The Bertz CT molecular complexity index is 1240. The molecule has 7 heteroatoms. The molecule has 2 aromatic carbocycles. The van der Waals surface area contributed by atoms with Crippen LogP contribution >= 0.6 is 23.4 Å². The number of hydrogen-bond donors (Lipinski definition) is 0. The van der Waals surface area contributed by atoms with E-state index in [1.807, 2.05) is 67.1 Å². The monoisotopic (exact) mass is 451 g/mol. The second-order valence-corrected chi connectivity index (χ2v) is 9.52. The fourth-order valence-corrected chi connectivity index (χ4v) is 4.57. The van der Waals surface area contributed by atoms with Crippen molar-refractivity contribution in [2.45, 2.75) is 30.5 Å². The summed E-state index contributed by atoms with van der Waals surface area (Å²) in [6, 6.07) is 17.7. The second kappa shape index (κ2) is 8.73. The predicted molar refractivity (Wildman–Crippen MR) is 126 cm³/mol. The van der Waals surface area contributed by atoms with Gasteiger partial charge >= 0.3 is 5.97 Å². The molecule has 0 fully saturated rings. The number of thioether (sulfide) groups is 1. The van der Waals surface area contributed by atoms with Gasteiger partial charge in [0.15, 0.2) is 0 Å². The molecule has 158 valence electrons. The van der Waals surface area contributed by atoms with Crippen molar-refractivity contribution in [2.24, 2.45) is 0 Å². The van der Waals surface area contributed by atoms with Crippen molar-refractivity contribution < 1.29 is 9.53 Å². The summed E-state index contributed by atoms with van der Waals surface area (Å²) in [6.07, 6.45) is 3.57. The molecule has 4 aromatic rings. The van der Waals surface area contributed by atoms with Crippen molar-refractivity contribution >= 4 is 40.4 Å². The van der Waals surface area contributed by atoms with Gasteiger partial charge < -0.3 is 9.30 Å². The highest BCUT2D eigenvalue weighted by atomic mass is 35.5. The van der Waals surface area contributed by atoms with Crippen LogP contribution in [0.15, 0.2) is 72.1 Å². The fraction of sp³-hybridized carbons (Fsp3) is 0.208. The van der Waals surface area contributed by atoms with Gasteiger partial charge in [0, 0.05) is 22.5 Å². The Kier molecular flexibility index (Phi) is 6.03. The van der Waals surface area contributed by atoms with Gasteiger partial charge in [-0.2, -0.15) is 0 Å². The maximum Gasteiger partial charge on any atom is 0.322 e. The van der Waals surface area contributed by atoms with E-state index >= 15 is 0 Å². The van der Waals surface area contributed by atoms with Gasteiger partial charge in [-0.25, -0.2) is 9.97 Å². The minimum Gasteiger partial charge on any atom is -0.465 e. The number of nitrogens with zero attached hydrogens (tertiary/aromatic N) is 3. The molecule has 2 heterocycles. The molecule has 0 radical (unpaired) electrons. The molecule has 0 spiro atoms. The number of hydrogen-bond acceptors (Lipinski definition) is 5. The number of carbonyl (C=O) groups is 1. The number of aromatic nitrogens is 3. The molecule has 5 nitrogen and oxygen atoms in total. The molecular formula is C24H22ClN3O2S. The van der Waals surface area contributed by atoms with Gasteiger partial charge in [0.2, 0.25) is 0 Å². The van der Waals surface area contributed by atoms with Crippen molar-refractivity contribution in [1.29, 1.82) is 0 Å². The summed E-state index contributed by atoms with van der Waals surface area (Å²) in [5.41, 5.74) is 3.68. The van der Waals surface area contributed by atoms with Crippen LogP contribution in [0.25, 0.3) is 27.8 Å². The van der Waals surface area contributed by atoms with E-state index in [0.29, 0.717) is 11.6 Å². The van der Waals surface area contributed by atoms with Crippen molar-refractivity contribution in [2.75, 3.05) is 6.61 Å². The van der Waals surface area contributed by atoms with E-state index in [1.54, 1.807) is 6.92 Å². The highest BCUT2D eigenvalue weighted by molar-refractivity contribution is 8.01. The Morgan fingerprint density at radius 3 is 2.61 bits per heavy atom. The van der Waals surface area contributed by atoms with Crippen LogP contribution in [0.3, 0.4) is 0 Å². The summed E-state index contributed by atoms with van der Waals surface area (Å²) in [5, 5.41) is 2.26. The van der Waals surface area contributed by atoms with Gasteiger partial charge in [0.05, 0.1) is 12.0 Å². The number of carbonyl (C=O) groups excluding carboxylic acids is 1. The third-order valence-electron chi connectivity index (χ3n) is 4.84. The molecule has 2 aromatic heterocycles. The van der Waals surface area contributed by atoms with E-state index in [0.717, 1.165) is 32.9 Å². The third-order valence-corrected chi connectivity index (χ3v) is 6.25. The van der Waals surface area contributed by atoms with Crippen molar-refractivity contribution in [3.05, 3.63) is 72.1 Å². The quantitative estimate of drug-likeness (QED) is 0.199. The van der Waals surface area contributed by atoms with Gasteiger partial charge in [0.25, 0.3) is 0 Å². The van der Waals surface area contributed by atoms with E-state index < -0.39 is 4.75 Å². The van der Waals surface area contributed by atoms with Gasteiger partial charge in [0.1, 0.15) is 21.7 Å². The van der Waals surface area contributed by atoms with Crippen LogP contribution in [0.2, 0.25) is 5.02 Å². The molecule has 0 bridgehead atoms. The zero-order chi connectivity index (χ0) is 22.0. The molecule has 4 rings (SSSR count). The Balaban J connectivity index is 1.94. The number of rotatable bonds is 6. The van der Waals surface area contributed by atoms with Crippen LogP contribution in [0.1, 0.15) is 20.8 Å². The van der Waals surface area contributed by atoms with Crippen molar-refractivity contribution in [3.8, 4) is 16.8 Å². The molecule has 0 saturated carbocycles. The lowest BCUT2D eigenvalue weighted by molar-refractivity contribution is -0.145. The average Bonchev–Trinajstić information content (AvgIpc) is 3.15. The van der Waals surface area contributed by atoms with E-state index in [-0.39, 0.29) is 5.97 Å². The van der Waals surface area contributed by atoms with Crippen LogP contribution < -0.4 is 0 Å². The lowest BCUT2D eigenvalue weighted by Gasteiger charge is -2.21. The van der Waals surface area contributed by atoms with Crippen LogP contribution in [-0.4, -0.2) is 31.9 Å². The molecule has 0 aliphatic rings.